The van der Waals surface area contributed by atoms with E-state index < -0.39 is 11.7 Å². The maximum atomic E-state index is 13.7. The van der Waals surface area contributed by atoms with Crippen LogP contribution in [-0.4, -0.2) is 15.1 Å². The molecule has 0 aliphatic heterocycles. The van der Waals surface area contributed by atoms with Gasteiger partial charge in [-0.15, -0.1) is 0 Å². The Labute approximate surface area is 196 Å². The van der Waals surface area contributed by atoms with Crippen LogP contribution in [-0.2, 0) is 25.6 Å². The number of ether oxygens (including phenoxy) is 1. The third-order valence-corrected chi connectivity index (χ3v) is 6.13. The van der Waals surface area contributed by atoms with Gasteiger partial charge in [-0.05, 0) is 56.0 Å². The Kier molecular flexibility index (Phi) is 6.78. The average molecular weight is 491 g/mol. The van der Waals surface area contributed by atoms with Gasteiger partial charge in [-0.1, -0.05) is 35.6 Å². The number of rotatable bonds is 8. The van der Waals surface area contributed by atoms with E-state index in [1.54, 1.807) is 13.0 Å². The lowest BCUT2D eigenvalue weighted by Crippen LogP contribution is -2.10. The molecule has 0 fully saturated rings. The van der Waals surface area contributed by atoms with Crippen molar-refractivity contribution in [2.24, 2.45) is 0 Å². The largest absolute Gasteiger partial charge is 0.494 e. The molecule has 6 nitrogen and oxygen atoms in total. The number of thiazole rings is 1. The van der Waals surface area contributed by atoms with Crippen LogP contribution >= 0.6 is 11.3 Å². The Hall–Kier alpha value is -3.53. The maximum absolute atomic E-state index is 13.7. The Morgan fingerprint density at radius 1 is 1.15 bits per heavy atom. The minimum absolute atomic E-state index is 0.170. The molecule has 2 aromatic carbocycles. The highest BCUT2D eigenvalue weighted by atomic mass is 32.1. The summed E-state index contributed by atoms with van der Waals surface area (Å²) in [6.07, 6.45) is -3.40. The topological polar surface area (TPSA) is 88.4 Å². The summed E-state index contributed by atoms with van der Waals surface area (Å²) in [6, 6.07) is 13.1. The average Bonchev–Trinajstić information content (AvgIpc) is 3.33. The van der Waals surface area contributed by atoms with Crippen molar-refractivity contribution in [2.75, 3.05) is 0 Å². The summed E-state index contributed by atoms with van der Waals surface area (Å²) in [5, 5.41) is 9.63. The molecule has 2 N–H and O–H groups in total. The van der Waals surface area contributed by atoms with Crippen LogP contribution in [0.5, 0.6) is 11.6 Å². The molecule has 0 atom stereocenters. The molecule has 0 amide bonds. The van der Waals surface area contributed by atoms with Gasteiger partial charge in [0.05, 0.1) is 10.4 Å². The molecule has 0 spiro atoms. The van der Waals surface area contributed by atoms with Gasteiger partial charge in [0, 0.05) is 5.56 Å². The van der Waals surface area contributed by atoms with Gasteiger partial charge >= 0.3 is 11.0 Å². The van der Waals surface area contributed by atoms with Crippen LogP contribution < -0.4 is 9.61 Å². The van der Waals surface area contributed by atoms with Crippen molar-refractivity contribution >= 4 is 11.3 Å². The SMILES string of the molecule is Cc1oc(-c2ccccc2)nc1COc1ccc(CCCc2sc(=O)[nH]c2O)cc1C(F)(F)F. The summed E-state index contributed by atoms with van der Waals surface area (Å²) < 4.78 is 52.3. The number of benzene rings is 2. The van der Waals surface area contributed by atoms with Crippen molar-refractivity contribution in [1.29, 1.82) is 0 Å². The summed E-state index contributed by atoms with van der Waals surface area (Å²) in [6.45, 7) is 1.52. The molecule has 10 heteroatoms. The van der Waals surface area contributed by atoms with E-state index in [0.29, 0.717) is 47.0 Å². The van der Waals surface area contributed by atoms with E-state index in [1.807, 2.05) is 30.3 Å². The van der Waals surface area contributed by atoms with Crippen molar-refractivity contribution < 1.29 is 27.4 Å². The van der Waals surface area contributed by atoms with Crippen molar-refractivity contribution in [1.82, 2.24) is 9.97 Å². The Morgan fingerprint density at radius 3 is 2.59 bits per heavy atom. The number of nitrogens with one attached hydrogen (secondary N) is 1. The van der Waals surface area contributed by atoms with Gasteiger partial charge in [0.1, 0.15) is 23.8 Å². The van der Waals surface area contributed by atoms with Crippen molar-refractivity contribution in [3.05, 3.63) is 85.7 Å². The molecule has 0 aliphatic carbocycles. The molecule has 0 bridgehead atoms. The first kappa shape index (κ1) is 23.6. The number of oxazole rings is 1. The number of nitrogens with zero attached hydrogens (tertiary/aromatic N) is 1. The standard InChI is InChI=1S/C24H21F3N2O4S/c1-14-18(28-22(33-14)16-7-3-2-4-8-16)13-32-19-11-10-15(12-17(19)24(25,26)27)6-5-9-20-21(30)29-23(31)34-20/h2-4,7-8,10-12,30H,5-6,9,13H2,1H3,(H,29,31). The fraction of sp³-hybridized carbons (Fsp3) is 0.250. The predicted octanol–water partition coefficient (Wildman–Crippen LogP) is 5.88. The number of hydrogen-bond acceptors (Lipinski definition) is 6. The number of aromatic amines is 1. The fourth-order valence-corrected chi connectivity index (χ4v) is 4.23. The molecule has 34 heavy (non-hydrogen) atoms. The second-order valence-corrected chi connectivity index (χ2v) is 8.71. The van der Waals surface area contributed by atoms with Gasteiger partial charge in [0.2, 0.25) is 11.8 Å². The first-order valence-electron chi connectivity index (χ1n) is 10.5. The number of aryl methyl sites for hydroxylation is 3. The second-order valence-electron chi connectivity index (χ2n) is 7.64. The highest BCUT2D eigenvalue weighted by molar-refractivity contribution is 7.09. The summed E-state index contributed by atoms with van der Waals surface area (Å²) in [7, 11) is 0. The zero-order chi connectivity index (χ0) is 24.3. The number of aromatic hydroxyl groups is 1. The lowest BCUT2D eigenvalue weighted by Gasteiger charge is -2.15. The predicted molar refractivity (Wildman–Crippen MR) is 121 cm³/mol. The Balaban J connectivity index is 1.46. The summed E-state index contributed by atoms with van der Waals surface area (Å²) in [5.41, 5.74) is 0.786. The number of alkyl halides is 3. The van der Waals surface area contributed by atoms with Gasteiger partial charge in [0.25, 0.3) is 0 Å². The van der Waals surface area contributed by atoms with Crippen LogP contribution in [0.3, 0.4) is 0 Å². The monoisotopic (exact) mass is 490 g/mol. The highest BCUT2D eigenvalue weighted by Gasteiger charge is 2.34. The Bertz CT molecular complexity index is 1330. The third-order valence-electron chi connectivity index (χ3n) is 5.20. The number of halogens is 3. The lowest BCUT2D eigenvalue weighted by molar-refractivity contribution is -0.139. The highest BCUT2D eigenvalue weighted by Crippen LogP contribution is 2.37. The van der Waals surface area contributed by atoms with E-state index in [9.17, 15) is 23.1 Å². The molecule has 0 saturated heterocycles. The zero-order valence-corrected chi connectivity index (χ0v) is 18.9. The minimum Gasteiger partial charge on any atom is -0.494 e. The quantitative estimate of drug-likeness (QED) is 0.322. The van der Waals surface area contributed by atoms with E-state index in [-0.39, 0.29) is 23.1 Å². The molecule has 0 saturated carbocycles. The van der Waals surface area contributed by atoms with Crippen LogP contribution in [0.4, 0.5) is 13.2 Å². The summed E-state index contributed by atoms with van der Waals surface area (Å²) >= 11 is 0.891. The summed E-state index contributed by atoms with van der Waals surface area (Å²) in [4.78, 5) is 18.0. The van der Waals surface area contributed by atoms with Gasteiger partial charge in [-0.2, -0.15) is 13.2 Å². The number of H-pyrrole nitrogens is 1. The van der Waals surface area contributed by atoms with Crippen molar-refractivity contribution in [3.63, 3.8) is 0 Å². The van der Waals surface area contributed by atoms with E-state index in [0.717, 1.165) is 23.0 Å². The smallest absolute Gasteiger partial charge is 0.419 e. The van der Waals surface area contributed by atoms with Gasteiger partial charge in [-0.25, -0.2) is 4.98 Å². The zero-order valence-electron chi connectivity index (χ0n) is 18.1. The van der Waals surface area contributed by atoms with Gasteiger partial charge in [-0.3, -0.25) is 9.78 Å². The maximum Gasteiger partial charge on any atom is 0.419 e. The van der Waals surface area contributed by atoms with Crippen molar-refractivity contribution in [2.45, 2.75) is 39.0 Å². The van der Waals surface area contributed by atoms with Crippen LogP contribution in [0, 0.1) is 6.92 Å². The molecule has 4 aromatic rings. The normalized spacial score (nSPS) is 11.6. The van der Waals surface area contributed by atoms with Crippen LogP contribution in [0.25, 0.3) is 11.5 Å². The van der Waals surface area contributed by atoms with E-state index >= 15 is 0 Å². The number of aromatic nitrogens is 2. The lowest BCUT2D eigenvalue weighted by atomic mass is 10.0. The number of hydrogen-bond donors (Lipinski definition) is 2. The molecule has 0 aliphatic rings. The molecule has 2 heterocycles. The molecule has 0 unspecified atom stereocenters. The first-order chi connectivity index (χ1) is 16.2. The molecule has 0 radical (unpaired) electrons. The molecule has 4 rings (SSSR count). The fourth-order valence-electron chi connectivity index (χ4n) is 3.47. The molecule has 178 valence electrons. The van der Waals surface area contributed by atoms with Crippen molar-refractivity contribution in [3.8, 4) is 23.1 Å². The second kappa shape index (κ2) is 9.76. The van der Waals surface area contributed by atoms with Gasteiger partial charge < -0.3 is 14.3 Å². The summed E-state index contributed by atoms with van der Waals surface area (Å²) in [5.74, 6) is 0.371. The first-order valence-corrected chi connectivity index (χ1v) is 11.3. The molecule has 2 aromatic heterocycles. The van der Waals surface area contributed by atoms with E-state index in [2.05, 4.69) is 9.97 Å². The van der Waals surface area contributed by atoms with E-state index in [1.165, 1.54) is 6.07 Å². The minimum atomic E-state index is -4.60. The Morgan fingerprint density at radius 2 is 1.91 bits per heavy atom. The van der Waals surface area contributed by atoms with Crippen LogP contribution in [0.15, 0.2) is 57.7 Å². The molecular weight excluding hydrogens is 469 g/mol. The van der Waals surface area contributed by atoms with Crippen LogP contribution in [0.2, 0.25) is 0 Å². The third kappa shape index (κ3) is 5.51. The van der Waals surface area contributed by atoms with Gasteiger partial charge in [0.15, 0.2) is 0 Å². The molecular formula is C24H21F3N2O4S. The van der Waals surface area contributed by atoms with Crippen LogP contribution in [0.1, 0.15) is 33.9 Å². The van der Waals surface area contributed by atoms with E-state index in [4.69, 9.17) is 9.15 Å².